The van der Waals surface area contributed by atoms with Gasteiger partial charge in [0.1, 0.15) is 5.82 Å². The maximum absolute atomic E-state index is 13.3. The molecule has 0 atom stereocenters. The van der Waals surface area contributed by atoms with Gasteiger partial charge in [-0.05, 0) is 53.8 Å². The lowest BCUT2D eigenvalue weighted by molar-refractivity contribution is 0.186. The van der Waals surface area contributed by atoms with Gasteiger partial charge in [-0.3, -0.25) is 10.0 Å². The number of nitrogens with two attached hydrogens (primary N) is 1. The number of amidine groups is 1. The summed E-state index contributed by atoms with van der Waals surface area (Å²) in [6.07, 6.45) is 0.845. The van der Waals surface area contributed by atoms with Crippen LogP contribution in [0.2, 0.25) is 5.02 Å². The first-order chi connectivity index (χ1) is 13.5. The Morgan fingerprint density at radius 1 is 1.14 bits per heavy atom. The van der Waals surface area contributed by atoms with Crippen molar-refractivity contribution in [2.75, 3.05) is 32.7 Å². The molecule has 0 radical (unpaired) electrons. The van der Waals surface area contributed by atoms with E-state index in [0.29, 0.717) is 10.7 Å². The quantitative estimate of drug-likeness (QED) is 0.447. The number of hydrogen-bond donors (Lipinski definition) is 1. The topological polar surface area (TPSA) is 44.9 Å². The van der Waals surface area contributed by atoms with Crippen LogP contribution in [0.4, 0.5) is 4.39 Å². The van der Waals surface area contributed by atoms with E-state index in [4.69, 9.17) is 16.7 Å². The molecule has 2 N–H and O–H groups in total. The summed E-state index contributed by atoms with van der Waals surface area (Å²) in [4.78, 5) is 9.20. The second-order valence-electron chi connectivity index (χ2n) is 6.67. The Balaban J connectivity index is 1.53. The minimum Gasteiger partial charge on any atom is -0.348 e. The second-order valence-corrected chi connectivity index (χ2v) is 7.71. The summed E-state index contributed by atoms with van der Waals surface area (Å²) in [5, 5.41) is 7.32. The van der Waals surface area contributed by atoms with Gasteiger partial charge in [-0.15, -0.1) is 0 Å². The molecule has 2 aromatic carbocycles. The van der Waals surface area contributed by atoms with Gasteiger partial charge in [-0.1, -0.05) is 42.4 Å². The molecule has 7 heteroatoms. The first-order valence-electron chi connectivity index (χ1n) is 9.17. The molecule has 0 bridgehead atoms. The van der Waals surface area contributed by atoms with E-state index in [1.54, 1.807) is 12.1 Å². The molecule has 0 amide bonds. The Morgan fingerprint density at radius 3 is 2.50 bits per heavy atom. The standard InChI is InChI=1S/C21H24ClFN4S/c1-16(18-5-7-19(22)8-6-18)25-21(28-24)27-13-11-26(12-14-27)10-9-17-3-2-4-20(23)15-17/h2-8,15H,1,9-14,24H2. The van der Waals surface area contributed by atoms with Crippen molar-refractivity contribution in [1.29, 1.82) is 0 Å². The predicted octanol–water partition coefficient (Wildman–Crippen LogP) is 4.27. The highest BCUT2D eigenvalue weighted by Gasteiger charge is 2.20. The number of rotatable bonds is 5. The number of hydrogen-bond acceptors (Lipinski definition) is 4. The van der Waals surface area contributed by atoms with Gasteiger partial charge in [-0.2, -0.15) is 0 Å². The van der Waals surface area contributed by atoms with Gasteiger partial charge >= 0.3 is 0 Å². The van der Waals surface area contributed by atoms with E-state index >= 15 is 0 Å². The van der Waals surface area contributed by atoms with Gasteiger partial charge < -0.3 is 4.90 Å². The molecule has 1 heterocycles. The van der Waals surface area contributed by atoms with Gasteiger partial charge in [0, 0.05) is 37.7 Å². The van der Waals surface area contributed by atoms with Crippen molar-refractivity contribution in [3.63, 3.8) is 0 Å². The molecule has 0 aliphatic carbocycles. The van der Waals surface area contributed by atoms with Crippen LogP contribution >= 0.6 is 23.5 Å². The monoisotopic (exact) mass is 418 g/mol. The third kappa shape index (κ3) is 5.82. The Morgan fingerprint density at radius 2 is 1.86 bits per heavy atom. The molecule has 1 aliphatic rings. The van der Waals surface area contributed by atoms with Crippen LogP contribution in [0.1, 0.15) is 11.1 Å². The molecule has 0 unspecified atom stereocenters. The van der Waals surface area contributed by atoms with Crippen LogP contribution < -0.4 is 5.14 Å². The van der Waals surface area contributed by atoms with Gasteiger partial charge in [0.05, 0.1) is 5.70 Å². The Kier molecular flexibility index (Phi) is 7.50. The molecule has 1 fully saturated rings. The molecule has 2 aromatic rings. The lowest BCUT2D eigenvalue weighted by Crippen LogP contribution is -2.48. The summed E-state index contributed by atoms with van der Waals surface area (Å²) >= 11 is 7.08. The molecule has 28 heavy (non-hydrogen) atoms. The summed E-state index contributed by atoms with van der Waals surface area (Å²) < 4.78 is 13.3. The van der Waals surface area contributed by atoms with Crippen LogP contribution in [-0.4, -0.2) is 47.7 Å². The highest BCUT2D eigenvalue weighted by molar-refractivity contribution is 8.11. The highest BCUT2D eigenvalue weighted by Crippen LogP contribution is 2.20. The minimum atomic E-state index is -0.177. The Labute approximate surface area is 175 Å². The van der Waals surface area contributed by atoms with Crippen molar-refractivity contribution in [3.8, 4) is 0 Å². The summed E-state index contributed by atoms with van der Waals surface area (Å²) in [7, 11) is 0. The largest absolute Gasteiger partial charge is 0.348 e. The van der Waals surface area contributed by atoms with E-state index in [1.165, 1.54) is 6.07 Å². The maximum Gasteiger partial charge on any atom is 0.179 e. The Hall–Kier alpha value is -1.86. The molecule has 0 aromatic heterocycles. The number of piperazine rings is 1. The molecule has 3 rings (SSSR count). The van der Waals surface area contributed by atoms with Crippen LogP contribution in [-0.2, 0) is 6.42 Å². The molecule has 4 nitrogen and oxygen atoms in total. The predicted molar refractivity (Wildman–Crippen MR) is 118 cm³/mol. The second kappa shape index (κ2) is 10.1. The lowest BCUT2D eigenvalue weighted by atomic mass is 10.1. The van der Waals surface area contributed by atoms with Crippen LogP contribution in [0.3, 0.4) is 0 Å². The zero-order valence-corrected chi connectivity index (χ0v) is 17.2. The van der Waals surface area contributed by atoms with Crippen molar-refractivity contribution in [3.05, 3.63) is 77.1 Å². The molecule has 1 aliphatic heterocycles. The van der Waals surface area contributed by atoms with E-state index in [-0.39, 0.29) is 5.82 Å². The van der Waals surface area contributed by atoms with E-state index in [2.05, 4.69) is 21.4 Å². The van der Waals surface area contributed by atoms with E-state index in [0.717, 1.165) is 67.4 Å². The average molecular weight is 419 g/mol. The molecule has 148 valence electrons. The van der Waals surface area contributed by atoms with E-state index in [1.807, 2.05) is 30.3 Å². The normalized spacial score (nSPS) is 15.7. The molecular formula is C21H24ClFN4S. The highest BCUT2D eigenvalue weighted by atomic mass is 35.5. The number of halogens is 2. The summed E-state index contributed by atoms with van der Waals surface area (Å²) in [5.74, 6) is -0.177. The van der Waals surface area contributed by atoms with Crippen molar-refractivity contribution in [2.24, 2.45) is 10.1 Å². The van der Waals surface area contributed by atoms with Crippen molar-refractivity contribution >= 4 is 34.4 Å². The smallest absolute Gasteiger partial charge is 0.179 e. The lowest BCUT2D eigenvalue weighted by Gasteiger charge is -2.35. The number of benzene rings is 2. The van der Waals surface area contributed by atoms with Crippen LogP contribution in [0.15, 0.2) is 60.1 Å². The Bertz CT molecular complexity index is 833. The first kappa shape index (κ1) is 20.9. The fourth-order valence-electron chi connectivity index (χ4n) is 3.14. The average Bonchev–Trinajstić information content (AvgIpc) is 2.71. The van der Waals surface area contributed by atoms with E-state index < -0.39 is 0 Å². The zero-order valence-electron chi connectivity index (χ0n) is 15.7. The van der Waals surface area contributed by atoms with Crippen molar-refractivity contribution < 1.29 is 4.39 Å². The first-order valence-corrected chi connectivity index (χ1v) is 10.4. The molecule has 0 spiro atoms. The van der Waals surface area contributed by atoms with Crippen LogP contribution in [0.5, 0.6) is 0 Å². The van der Waals surface area contributed by atoms with Gasteiger partial charge in [-0.25, -0.2) is 9.38 Å². The van der Waals surface area contributed by atoms with Crippen LogP contribution in [0, 0.1) is 5.82 Å². The van der Waals surface area contributed by atoms with Gasteiger partial charge in [0.25, 0.3) is 0 Å². The van der Waals surface area contributed by atoms with Crippen molar-refractivity contribution in [2.45, 2.75) is 6.42 Å². The minimum absolute atomic E-state index is 0.177. The van der Waals surface area contributed by atoms with Gasteiger partial charge in [0.15, 0.2) is 5.17 Å². The fourth-order valence-corrected chi connectivity index (χ4v) is 3.76. The van der Waals surface area contributed by atoms with Gasteiger partial charge in [0.2, 0.25) is 0 Å². The van der Waals surface area contributed by atoms with Crippen LogP contribution in [0.25, 0.3) is 5.70 Å². The third-order valence-corrected chi connectivity index (χ3v) is 5.57. The maximum atomic E-state index is 13.3. The van der Waals surface area contributed by atoms with E-state index in [9.17, 15) is 4.39 Å². The fraction of sp³-hybridized carbons (Fsp3) is 0.286. The molecular weight excluding hydrogens is 395 g/mol. The molecule has 0 saturated carbocycles. The van der Waals surface area contributed by atoms with Crippen molar-refractivity contribution in [1.82, 2.24) is 9.80 Å². The molecule has 1 saturated heterocycles. The zero-order chi connectivity index (χ0) is 19.9. The summed E-state index contributed by atoms with van der Waals surface area (Å²) in [5.41, 5.74) is 2.62. The third-order valence-electron chi connectivity index (χ3n) is 4.76. The SMILES string of the molecule is C=C(N=C(SN)N1CCN(CCc2cccc(F)c2)CC1)c1ccc(Cl)cc1. The number of aliphatic imine (C=N–C) groups is 1. The summed E-state index contributed by atoms with van der Waals surface area (Å²) in [6, 6.07) is 14.3. The number of nitrogens with zero attached hydrogens (tertiary/aromatic N) is 3. The summed E-state index contributed by atoms with van der Waals surface area (Å²) in [6.45, 7) is 8.50.